The van der Waals surface area contributed by atoms with Gasteiger partial charge in [-0.25, -0.2) is 0 Å². The third-order valence-corrected chi connectivity index (χ3v) is 2.67. The second kappa shape index (κ2) is 5.52. The number of Topliss-reactive ketones (excluding diaryl/α,β-unsaturated/α-hetero) is 1. The summed E-state index contributed by atoms with van der Waals surface area (Å²) in [5.74, 6) is -0.386. The Hall–Kier alpha value is -2.36. The molecule has 0 spiro atoms. The van der Waals surface area contributed by atoms with E-state index in [1.807, 2.05) is 30.3 Å². The SMILES string of the molecule is CC(=O)c1occ(C)c(=O)c1OCc1ccccc1. The van der Waals surface area contributed by atoms with E-state index in [1.54, 1.807) is 6.92 Å². The lowest BCUT2D eigenvalue weighted by Crippen LogP contribution is -2.14. The molecule has 0 aliphatic rings. The Bertz CT molecular complexity index is 641. The van der Waals surface area contributed by atoms with Crippen LogP contribution in [0.5, 0.6) is 5.75 Å². The third-order valence-electron chi connectivity index (χ3n) is 2.67. The van der Waals surface area contributed by atoms with E-state index in [4.69, 9.17) is 9.15 Å². The van der Waals surface area contributed by atoms with Crippen molar-refractivity contribution >= 4 is 5.78 Å². The van der Waals surface area contributed by atoms with Crippen LogP contribution in [0.3, 0.4) is 0 Å². The molecule has 0 bridgehead atoms. The molecule has 0 saturated heterocycles. The molecule has 0 radical (unpaired) electrons. The van der Waals surface area contributed by atoms with Crippen LogP contribution in [0.2, 0.25) is 0 Å². The fourth-order valence-electron chi connectivity index (χ4n) is 1.64. The zero-order chi connectivity index (χ0) is 13.8. The van der Waals surface area contributed by atoms with Gasteiger partial charge in [-0.2, -0.15) is 0 Å². The van der Waals surface area contributed by atoms with E-state index in [-0.39, 0.29) is 29.3 Å². The fraction of sp³-hybridized carbons (Fsp3) is 0.200. The van der Waals surface area contributed by atoms with Gasteiger partial charge in [-0.15, -0.1) is 0 Å². The maximum Gasteiger partial charge on any atom is 0.230 e. The summed E-state index contributed by atoms with van der Waals surface area (Å²) in [6.45, 7) is 3.17. The van der Waals surface area contributed by atoms with Crippen LogP contribution in [0.4, 0.5) is 0 Å². The van der Waals surface area contributed by atoms with Crippen LogP contribution in [0.25, 0.3) is 0 Å². The molecule has 0 amide bonds. The molecule has 2 aromatic rings. The number of ketones is 1. The lowest BCUT2D eigenvalue weighted by atomic mass is 10.2. The van der Waals surface area contributed by atoms with Gasteiger partial charge in [0.15, 0.2) is 5.78 Å². The quantitative estimate of drug-likeness (QED) is 0.791. The Kier molecular flexibility index (Phi) is 3.80. The number of aryl methyl sites for hydroxylation is 1. The van der Waals surface area contributed by atoms with Gasteiger partial charge in [0.2, 0.25) is 16.9 Å². The molecule has 4 nitrogen and oxygen atoms in total. The van der Waals surface area contributed by atoms with Crippen molar-refractivity contribution in [2.75, 3.05) is 0 Å². The highest BCUT2D eigenvalue weighted by molar-refractivity contribution is 5.93. The van der Waals surface area contributed by atoms with Crippen molar-refractivity contribution in [3.05, 3.63) is 63.7 Å². The first-order valence-electron chi connectivity index (χ1n) is 5.89. The minimum absolute atomic E-state index is 0.0173. The second-order valence-electron chi connectivity index (χ2n) is 4.24. The summed E-state index contributed by atoms with van der Waals surface area (Å²) in [6.07, 6.45) is 1.27. The molecule has 0 unspecified atom stereocenters. The predicted octanol–water partition coefficient (Wildman–Crippen LogP) is 2.73. The first-order chi connectivity index (χ1) is 9.09. The molecule has 1 aromatic carbocycles. The van der Waals surface area contributed by atoms with E-state index in [9.17, 15) is 9.59 Å². The van der Waals surface area contributed by atoms with Crippen LogP contribution in [-0.4, -0.2) is 5.78 Å². The van der Waals surface area contributed by atoms with Crippen LogP contribution in [0.1, 0.15) is 28.6 Å². The number of hydrogen-bond donors (Lipinski definition) is 0. The highest BCUT2D eigenvalue weighted by atomic mass is 16.5. The van der Waals surface area contributed by atoms with Crippen molar-refractivity contribution in [3.8, 4) is 5.75 Å². The van der Waals surface area contributed by atoms with E-state index in [0.29, 0.717) is 5.56 Å². The van der Waals surface area contributed by atoms with Crippen molar-refractivity contribution in [3.63, 3.8) is 0 Å². The Morgan fingerprint density at radius 3 is 2.58 bits per heavy atom. The van der Waals surface area contributed by atoms with Gasteiger partial charge >= 0.3 is 0 Å². The number of rotatable bonds is 4. The van der Waals surface area contributed by atoms with Crippen LogP contribution in [0.15, 0.2) is 45.8 Å². The fourth-order valence-corrected chi connectivity index (χ4v) is 1.64. The van der Waals surface area contributed by atoms with Gasteiger partial charge < -0.3 is 9.15 Å². The molecule has 0 N–H and O–H groups in total. The standard InChI is InChI=1S/C15H14O4/c1-10-8-18-14(11(2)16)15(13(10)17)19-9-12-6-4-3-5-7-12/h3-8H,9H2,1-2H3. The van der Waals surface area contributed by atoms with Gasteiger partial charge in [0, 0.05) is 12.5 Å². The van der Waals surface area contributed by atoms with Crippen molar-refractivity contribution in [1.29, 1.82) is 0 Å². The average molecular weight is 258 g/mol. The highest BCUT2D eigenvalue weighted by Gasteiger charge is 2.17. The van der Waals surface area contributed by atoms with E-state index in [1.165, 1.54) is 13.2 Å². The molecular weight excluding hydrogens is 244 g/mol. The van der Waals surface area contributed by atoms with Crippen LogP contribution in [0, 0.1) is 6.92 Å². The Balaban J connectivity index is 2.31. The number of hydrogen-bond acceptors (Lipinski definition) is 4. The van der Waals surface area contributed by atoms with Crippen LogP contribution >= 0.6 is 0 Å². The average Bonchev–Trinajstić information content (AvgIpc) is 2.41. The van der Waals surface area contributed by atoms with Crippen molar-refractivity contribution in [2.24, 2.45) is 0 Å². The molecule has 0 aliphatic heterocycles. The predicted molar refractivity (Wildman–Crippen MR) is 70.5 cm³/mol. The Labute approximate surface area is 110 Å². The maximum absolute atomic E-state index is 12.0. The summed E-state index contributed by atoms with van der Waals surface area (Å²) in [5.41, 5.74) is 1.01. The maximum atomic E-state index is 12.0. The molecule has 19 heavy (non-hydrogen) atoms. The number of carbonyl (C=O) groups excluding carboxylic acids is 1. The minimum Gasteiger partial charge on any atom is -0.481 e. The first-order valence-corrected chi connectivity index (χ1v) is 5.89. The summed E-state index contributed by atoms with van der Waals surface area (Å²) < 4.78 is 10.6. The molecular formula is C15H14O4. The van der Waals surface area contributed by atoms with E-state index >= 15 is 0 Å². The first kappa shape index (κ1) is 13.1. The number of benzene rings is 1. The second-order valence-corrected chi connectivity index (χ2v) is 4.24. The van der Waals surface area contributed by atoms with Crippen LogP contribution in [-0.2, 0) is 6.61 Å². The molecule has 4 heteroatoms. The minimum atomic E-state index is -0.333. The van der Waals surface area contributed by atoms with Gasteiger partial charge in [0.25, 0.3) is 0 Å². The zero-order valence-electron chi connectivity index (χ0n) is 10.8. The molecule has 0 saturated carbocycles. The van der Waals surface area contributed by atoms with Gasteiger partial charge in [-0.1, -0.05) is 30.3 Å². The molecule has 0 fully saturated rings. The highest BCUT2D eigenvalue weighted by Crippen LogP contribution is 2.16. The molecule has 0 atom stereocenters. The molecule has 1 aromatic heterocycles. The van der Waals surface area contributed by atoms with Crippen molar-refractivity contribution in [2.45, 2.75) is 20.5 Å². The van der Waals surface area contributed by atoms with Gasteiger partial charge in [-0.3, -0.25) is 9.59 Å². The summed E-state index contributed by atoms with van der Waals surface area (Å²) in [6, 6.07) is 9.41. The van der Waals surface area contributed by atoms with Crippen LogP contribution < -0.4 is 10.2 Å². The lowest BCUT2D eigenvalue weighted by molar-refractivity contribution is 0.0976. The van der Waals surface area contributed by atoms with E-state index in [0.717, 1.165) is 5.56 Å². The monoisotopic (exact) mass is 258 g/mol. The van der Waals surface area contributed by atoms with Crippen molar-refractivity contribution < 1.29 is 13.9 Å². The van der Waals surface area contributed by atoms with Gasteiger partial charge in [-0.05, 0) is 12.5 Å². The van der Waals surface area contributed by atoms with Gasteiger partial charge in [0.1, 0.15) is 6.61 Å². The van der Waals surface area contributed by atoms with Gasteiger partial charge in [0.05, 0.1) is 6.26 Å². The Morgan fingerprint density at radius 1 is 1.26 bits per heavy atom. The zero-order valence-corrected chi connectivity index (χ0v) is 10.8. The largest absolute Gasteiger partial charge is 0.481 e. The third kappa shape index (κ3) is 2.91. The summed E-state index contributed by atoms with van der Waals surface area (Å²) in [4.78, 5) is 23.4. The van der Waals surface area contributed by atoms with E-state index < -0.39 is 0 Å². The molecule has 1 heterocycles. The molecule has 98 valence electrons. The summed E-state index contributed by atoms with van der Waals surface area (Å²) >= 11 is 0. The summed E-state index contributed by atoms with van der Waals surface area (Å²) in [5, 5.41) is 0. The topological polar surface area (TPSA) is 56.5 Å². The smallest absolute Gasteiger partial charge is 0.230 e. The van der Waals surface area contributed by atoms with E-state index in [2.05, 4.69) is 0 Å². The number of ether oxygens (including phenoxy) is 1. The molecule has 2 rings (SSSR count). The van der Waals surface area contributed by atoms with Crippen molar-refractivity contribution in [1.82, 2.24) is 0 Å². The normalized spacial score (nSPS) is 10.2. The lowest BCUT2D eigenvalue weighted by Gasteiger charge is -2.08. The Morgan fingerprint density at radius 2 is 1.95 bits per heavy atom. The number of carbonyl (C=O) groups is 1. The molecule has 0 aliphatic carbocycles. The summed E-state index contributed by atoms with van der Waals surface area (Å²) in [7, 11) is 0.